The number of aliphatic hydroxyl groups excluding tert-OH is 1. The molecule has 4 N–H and O–H groups in total. The SMILES string of the molecule is C[C@@H](N)[C@@H](O)C[P+](=O)O. The number of rotatable bonds is 3. The van der Waals surface area contributed by atoms with E-state index in [1.165, 1.54) is 0 Å². The van der Waals surface area contributed by atoms with E-state index < -0.39 is 20.2 Å². The Morgan fingerprint density at radius 2 is 2.22 bits per heavy atom. The molecule has 4 nitrogen and oxygen atoms in total. The molecule has 1 unspecified atom stereocenters. The smallest absolute Gasteiger partial charge is 0.387 e. The summed E-state index contributed by atoms with van der Waals surface area (Å²) in [6.45, 7) is 1.59. The third-order valence-corrected chi connectivity index (χ3v) is 1.64. The molecule has 9 heavy (non-hydrogen) atoms. The van der Waals surface area contributed by atoms with E-state index in [1.54, 1.807) is 6.92 Å². The minimum Gasteiger partial charge on any atom is -0.387 e. The fourth-order valence-corrected chi connectivity index (χ4v) is 0.979. The fraction of sp³-hybridized carbons (Fsp3) is 1.00. The van der Waals surface area contributed by atoms with E-state index in [0.29, 0.717) is 0 Å². The van der Waals surface area contributed by atoms with Crippen LogP contribution in [-0.2, 0) is 4.57 Å². The molecular weight excluding hydrogens is 141 g/mol. The first kappa shape index (κ1) is 8.98. The van der Waals surface area contributed by atoms with Crippen LogP contribution in [0.5, 0.6) is 0 Å². The molecular formula is C4H11NO3P+. The first-order valence-corrected chi connectivity index (χ1v) is 4.01. The Kier molecular flexibility index (Phi) is 3.89. The van der Waals surface area contributed by atoms with E-state index in [9.17, 15) is 4.57 Å². The van der Waals surface area contributed by atoms with E-state index >= 15 is 0 Å². The van der Waals surface area contributed by atoms with Crippen LogP contribution in [0.15, 0.2) is 0 Å². The molecule has 0 heterocycles. The van der Waals surface area contributed by atoms with Crippen molar-refractivity contribution < 1.29 is 14.6 Å². The minimum absolute atomic E-state index is 0.132. The molecule has 0 aliphatic carbocycles. The highest BCUT2D eigenvalue weighted by Gasteiger charge is 2.21. The van der Waals surface area contributed by atoms with Crippen molar-refractivity contribution in [3.8, 4) is 0 Å². The fourth-order valence-electron chi connectivity index (χ4n) is 0.326. The summed E-state index contributed by atoms with van der Waals surface area (Å²) in [5.41, 5.74) is 5.19. The summed E-state index contributed by atoms with van der Waals surface area (Å²) >= 11 is 0. The minimum atomic E-state index is -2.25. The van der Waals surface area contributed by atoms with Gasteiger partial charge in [-0.3, -0.25) is 0 Å². The molecule has 0 amide bonds. The summed E-state index contributed by atoms with van der Waals surface area (Å²) in [7, 11) is -2.25. The maximum Gasteiger partial charge on any atom is 0.508 e. The third kappa shape index (κ3) is 4.48. The van der Waals surface area contributed by atoms with Crippen LogP contribution in [-0.4, -0.2) is 28.3 Å². The summed E-state index contributed by atoms with van der Waals surface area (Å²) in [5.74, 6) is 0. The predicted octanol–water partition coefficient (Wildman–Crippen LogP) is -0.571. The van der Waals surface area contributed by atoms with Gasteiger partial charge in [0.25, 0.3) is 0 Å². The largest absolute Gasteiger partial charge is 0.508 e. The first-order valence-electron chi connectivity index (χ1n) is 2.61. The van der Waals surface area contributed by atoms with E-state index in [1.807, 2.05) is 0 Å². The van der Waals surface area contributed by atoms with Gasteiger partial charge in [-0.25, -0.2) is 0 Å². The van der Waals surface area contributed by atoms with Crippen LogP contribution in [0.25, 0.3) is 0 Å². The second-order valence-corrected chi connectivity index (χ2v) is 3.03. The molecule has 3 atom stereocenters. The zero-order valence-electron chi connectivity index (χ0n) is 5.19. The number of nitrogens with two attached hydrogens (primary N) is 1. The quantitative estimate of drug-likeness (QED) is 0.473. The molecule has 54 valence electrons. The highest BCUT2D eigenvalue weighted by atomic mass is 31.1. The molecule has 0 aliphatic heterocycles. The standard InChI is InChI=1S/C4H10NO3P/c1-3(5)4(6)2-9(7)8/h3-4,6H,2,5H2,1H3/p+1/t3-,4+/m1/s1. The van der Waals surface area contributed by atoms with Crippen LogP contribution in [0.3, 0.4) is 0 Å². The van der Waals surface area contributed by atoms with Crippen molar-refractivity contribution in [1.82, 2.24) is 0 Å². The molecule has 0 aromatic heterocycles. The lowest BCUT2D eigenvalue weighted by Gasteiger charge is -2.06. The number of aliphatic hydroxyl groups is 1. The average molecular weight is 152 g/mol. The predicted molar refractivity (Wildman–Crippen MR) is 34.3 cm³/mol. The zero-order valence-corrected chi connectivity index (χ0v) is 6.08. The Morgan fingerprint density at radius 3 is 2.33 bits per heavy atom. The van der Waals surface area contributed by atoms with Crippen molar-refractivity contribution in [2.75, 3.05) is 6.16 Å². The molecule has 0 saturated carbocycles. The Labute approximate surface area is 54.6 Å². The monoisotopic (exact) mass is 152 g/mol. The van der Waals surface area contributed by atoms with Crippen molar-refractivity contribution in [2.45, 2.75) is 19.1 Å². The normalized spacial score (nSPS) is 18.9. The first-order chi connectivity index (χ1) is 4.04. The van der Waals surface area contributed by atoms with Gasteiger partial charge in [-0.2, -0.15) is 4.89 Å². The molecule has 0 bridgehead atoms. The van der Waals surface area contributed by atoms with E-state index in [4.69, 9.17) is 15.7 Å². The highest BCUT2D eigenvalue weighted by molar-refractivity contribution is 7.38. The van der Waals surface area contributed by atoms with Crippen molar-refractivity contribution >= 4 is 8.03 Å². The lowest BCUT2D eigenvalue weighted by molar-refractivity contribution is 0.171. The summed E-state index contributed by atoms with van der Waals surface area (Å²) in [6, 6.07) is -0.434. The molecule has 0 aromatic carbocycles. The van der Waals surface area contributed by atoms with Crippen LogP contribution in [0, 0.1) is 0 Å². The Morgan fingerprint density at radius 1 is 1.78 bits per heavy atom. The second kappa shape index (κ2) is 3.90. The lowest BCUT2D eigenvalue weighted by Crippen LogP contribution is -2.33. The lowest BCUT2D eigenvalue weighted by atomic mass is 10.2. The topological polar surface area (TPSA) is 83.5 Å². The van der Waals surface area contributed by atoms with Crippen LogP contribution in [0.4, 0.5) is 0 Å². The van der Waals surface area contributed by atoms with Gasteiger partial charge in [0.05, 0.1) is 0 Å². The second-order valence-electron chi connectivity index (χ2n) is 1.96. The van der Waals surface area contributed by atoms with Gasteiger partial charge >= 0.3 is 8.03 Å². The van der Waals surface area contributed by atoms with E-state index in [-0.39, 0.29) is 6.16 Å². The van der Waals surface area contributed by atoms with Crippen LogP contribution in [0.1, 0.15) is 6.92 Å². The molecule has 0 fully saturated rings. The van der Waals surface area contributed by atoms with Gasteiger partial charge in [-0.15, -0.1) is 0 Å². The van der Waals surface area contributed by atoms with E-state index in [0.717, 1.165) is 0 Å². The summed E-state index contributed by atoms with van der Waals surface area (Å²) in [6.07, 6.45) is -0.994. The van der Waals surface area contributed by atoms with Crippen molar-refractivity contribution in [3.63, 3.8) is 0 Å². The molecule has 0 aromatic rings. The van der Waals surface area contributed by atoms with Gasteiger partial charge in [-0.05, 0) is 11.5 Å². The van der Waals surface area contributed by atoms with Gasteiger partial charge in [0.15, 0.2) is 0 Å². The van der Waals surface area contributed by atoms with Gasteiger partial charge in [0.1, 0.15) is 6.10 Å². The summed E-state index contributed by atoms with van der Waals surface area (Å²) in [4.78, 5) is 8.27. The van der Waals surface area contributed by atoms with Gasteiger partial charge in [-0.1, -0.05) is 0 Å². The van der Waals surface area contributed by atoms with Gasteiger partial charge in [0.2, 0.25) is 6.16 Å². The van der Waals surface area contributed by atoms with Gasteiger partial charge in [0, 0.05) is 6.04 Å². The van der Waals surface area contributed by atoms with Gasteiger partial charge < -0.3 is 10.8 Å². The Hall–Kier alpha value is -0.0200. The van der Waals surface area contributed by atoms with Crippen molar-refractivity contribution in [1.29, 1.82) is 0 Å². The number of hydrogen-bond donors (Lipinski definition) is 3. The van der Waals surface area contributed by atoms with Crippen molar-refractivity contribution in [2.24, 2.45) is 5.73 Å². The molecule has 0 spiro atoms. The molecule has 5 heteroatoms. The number of hydrogen-bond acceptors (Lipinski definition) is 3. The van der Waals surface area contributed by atoms with Crippen molar-refractivity contribution in [3.05, 3.63) is 0 Å². The van der Waals surface area contributed by atoms with Crippen LogP contribution < -0.4 is 5.73 Å². The maximum atomic E-state index is 10.0. The highest BCUT2D eigenvalue weighted by Crippen LogP contribution is 2.14. The Balaban J connectivity index is 3.50. The summed E-state index contributed by atoms with van der Waals surface area (Å²) in [5, 5.41) is 8.83. The zero-order chi connectivity index (χ0) is 7.44. The van der Waals surface area contributed by atoms with E-state index in [2.05, 4.69) is 0 Å². The third-order valence-electron chi connectivity index (χ3n) is 0.950. The Bertz CT molecular complexity index is 106. The molecule has 0 aliphatic rings. The van der Waals surface area contributed by atoms with Crippen LogP contribution >= 0.6 is 8.03 Å². The molecule has 0 rings (SSSR count). The summed E-state index contributed by atoms with van der Waals surface area (Å²) < 4.78 is 10.0. The maximum absolute atomic E-state index is 10.0. The molecule has 0 radical (unpaired) electrons. The average Bonchev–Trinajstić information content (AvgIpc) is 1.63. The van der Waals surface area contributed by atoms with Crippen LogP contribution in [0.2, 0.25) is 0 Å². The molecule has 0 saturated heterocycles.